The van der Waals surface area contributed by atoms with Crippen LogP contribution in [0.3, 0.4) is 0 Å². The number of hydrogen-bond acceptors (Lipinski definition) is 2. The fourth-order valence-electron chi connectivity index (χ4n) is 5.20. The van der Waals surface area contributed by atoms with Crippen LogP contribution in [-0.4, -0.2) is 30.1 Å². The van der Waals surface area contributed by atoms with E-state index in [0.29, 0.717) is 12.1 Å². The van der Waals surface area contributed by atoms with E-state index in [2.05, 4.69) is 4.90 Å². The number of likely N-dealkylation sites (tertiary alicyclic amines) is 1. The Morgan fingerprint density at radius 3 is 1.71 bits per heavy atom. The molecule has 1 aliphatic heterocycles. The maximum absolute atomic E-state index is 6.65. The van der Waals surface area contributed by atoms with E-state index in [-0.39, 0.29) is 0 Å². The molecule has 0 spiro atoms. The molecule has 122 valence electrons. The first kappa shape index (κ1) is 15.8. The summed E-state index contributed by atoms with van der Waals surface area (Å²) in [6.45, 7) is 2.73. The predicted octanol–water partition coefficient (Wildman–Crippen LogP) is 4.33. The molecular formula is C19H36N2. The Morgan fingerprint density at radius 2 is 1.10 bits per heavy atom. The Balaban J connectivity index is 1.56. The number of fused-ring (bicyclic) bond motifs is 1. The molecule has 0 radical (unpaired) electrons. The van der Waals surface area contributed by atoms with Gasteiger partial charge in [-0.15, -0.1) is 0 Å². The summed E-state index contributed by atoms with van der Waals surface area (Å²) >= 11 is 0. The summed E-state index contributed by atoms with van der Waals surface area (Å²) in [6, 6.07) is 1.12. The molecule has 4 atom stereocenters. The van der Waals surface area contributed by atoms with E-state index in [1.54, 1.807) is 0 Å². The van der Waals surface area contributed by atoms with Gasteiger partial charge in [-0.25, -0.2) is 0 Å². The third kappa shape index (κ3) is 4.22. The first-order valence-electron chi connectivity index (χ1n) is 9.84. The fraction of sp³-hybridized carbons (Fsp3) is 1.00. The maximum atomic E-state index is 6.65. The maximum Gasteiger partial charge on any atom is 0.0247 e. The van der Waals surface area contributed by atoms with Gasteiger partial charge in [0.1, 0.15) is 0 Å². The Morgan fingerprint density at radius 1 is 0.571 bits per heavy atom. The summed E-state index contributed by atoms with van der Waals surface area (Å²) in [5, 5.41) is 0. The van der Waals surface area contributed by atoms with Gasteiger partial charge in [0.15, 0.2) is 0 Å². The van der Waals surface area contributed by atoms with E-state index in [1.165, 1.54) is 96.6 Å². The average molecular weight is 293 g/mol. The van der Waals surface area contributed by atoms with Crippen LogP contribution < -0.4 is 5.73 Å². The van der Waals surface area contributed by atoms with Gasteiger partial charge in [-0.05, 0) is 37.5 Å². The van der Waals surface area contributed by atoms with Crippen molar-refractivity contribution in [2.24, 2.45) is 17.6 Å². The molecule has 1 saturated heterocycles. The molecule has 2 heteroatoms. The van der Waals surface area contributed by atoms with Crippen LogP contribution in [-0.2, 0) is 0 Å². The van der Waals surface area contributed by atoms with Crippen molar-refractivity contribution in [1.82, 2.24) is 4.90 Å². The van der Waals surface area contributed by atoms with Crippen LogP contribution in [0.1, 0.15) is 83.5 Å². The van der Waals surface area contributed by atoms with Crippen LogP contribution >= 0.6 is 0 Å². The van der Waals surface area contributed by atoms with E-state index < -0.39 is 0 Å². The monoisotopic (exact) mass is 292 g/mol. The quantitative estimate of drug-likeness (QED) is 0.779. The second-order valence-electron chi connectivity index (χ2n) is 8.04. The van der Waals surface area contributed by atoms with Crippen molar-refractivity contribution >= 4 is 0 Å². The van der Waals surface area contributed by atoms with Crippen molar-refractivity contribution in [2.45, 2.75) is 95.6 Å². The summed E-state index contributed by atoms with van der Waals surface area (Å²) in [7, 11) is 0. The Labute approximate surface area is 131 Å². The molecule has 2 saturated carbocycles. The second kappa shape index (κ2) is 7.97. The molecular weight excluding hydrogens is 256 g/mol. The van der Waals surface area contributed by atoms with E-state index in [4.69, 9.17) is 5.73 Å². The lowest BCUT2D eigenvalue weighted by Crippen LogP contribution is -2.47. The molecule has 3 fully saturated rings. The van der Waals surface area contributed by atoms with Crippen LogP contribution in [0.15, 0.2) is 0 Å². The van der Waals surface area contributed by atoms with Crippen molar-refractivity contribution in [3.8, 4) is 0 Å². The van der Waals surface area contributed by atoms with Gasteiger partial charge in [-0.3, -0.25) is 4.90 Å². The molecule has 3 rings (SSSR count). The average Bonchev–Trinajstić information content (AvgIpc) is 3.04. The highest BCUT2D eigenvalue weighted by Crippen LogP contribution is 2.39. The van der Waals surface area contributed by atoms with Crippen LogP contribution in [0.2, 0.25) is 0 Å². The molecule has 21 heavy (non-hydrogen) atoms. The molecule has 2 N–H and O–H groups in total. The standard InChI is InChI=1S/C19H36N2/c20-18-12-7-5-3-1-2-4-6-8-13-19(18)21-14-16-10-9-11-17(16)15-21/h16-19H,1-15,20H2. The first-order chi connectivity index (χ1) is 10.3. The highest BCUT2D eigenvalue weighted by atomic mass is 15.2. The molecule has 1 heterocycles. The van der Waals surface area contributed by atoms with Gasteiger partial charge in [0.2, 0.25) is 0 Å². The van der Waals surface area contributed by atoms with Gasteiger partial charge >= 0.3 is 0 Å². The lowest BCUT2D eigenvalue weighted by Gasteiger charge is -2.34. The minimum Gasteiger partial charge on any atom is -0.326 e. The van der Waals surface area contributed by atoms with Gasteiger partial charge in [0.05, 0.1) is 0 Å². The minimum absolute atomic E-state index is 0.434. The Bertz CT molecular complexity index is 292. The molecule has 0 amide bonds. The molecule has 3 aliphatic rings. The molecule has 0 aromatic carbocycles. The third-order valence-electron chi connectivity index (χ3n) is 6.51. The van der Waals surface area contributed by atoms with Crippen LogP contribution in [0, 0.1) is 11.8 Å². The van der Waals surface area contributed by atoms with Gasteiger partial charge < -0.3 is 5.73 Å². The van der Waals surface area contributed by atoms with Gasteiger partial charge in [0, 0.05) is 25.2 Å². The first-order valence-corrected chi connectivity index (χ1v) is 9.84. The number of nitrogens with two attached hydrogens (primary N) is 1. The van der Waals surface area contributed by atoms with Crippen molar-refractivity contribution in [2.75, 3.05) is 13.1 Å². The highest BCUT2D eigenvalue weighted by molar-refractivity contribution is 4.94. The molecule has 4 unspecified atom stereocenters. The highest BCUT2D eigenvalue weighted by Gasteiger charge is 2.39. The van der Waals surface area contributed by atoms with Crippen LogP contribution in [0.25, 0.3) is 0 Å². The number of nitrogens with zero attached hydrogens (tertiary/aromatic N) is 1. The second-order valence-corrected chi connectivity index (χ2v) is 8.04. The topological polar surface area (TPSA) is 29.3 Å². The zero-order valence-corrected chi connectivity index (χ0v) is 13.9. The fourth-order valence-corrected chi connectivity index (χ4v) is 5.20. The number of hydrogen-bond donors (Lipinski definition) is 1. The van der Waals surface area contributed by atoms with E-state index in [1.807, 2.05) is 0 Å². The molecule has 0 bridgehead atoms. The van der Waals surface area contributed by atoms with Crippen molar-refractivity contribution in [3.05, 3.63) is 0 Å². The van der Waals surface area contributed by atoms with E-state index >= 15 is 0 Å². The number of rotatable bonds is 1. The SMILES string of the molecule is NC1CCCCCCCCCCC1N1CC2CCCC2C1. The molecule has 2 aliphatic carbocycles. The summed E-state index contributed by atoms with van der Waals surface area (Å²) in [5.74, 6) is 2.03. The Hall–Kier alpha value is -0.0800. The largest absolute Gasteiger partial charge is 0.326 e. The summed E-state index contributed by atoms with van der Waals surface area (Å²) < 4.78 is 0. The predicted molar refractivity (Wildman–Crippen MR) is 90.3 cm³/mol. The normalized spacial score (nSPS) is 40.4. The van der Waals surface area contributed by atoms with Crippen molar-refractivity contribution in [1.29, 1.82) is 0 Å². The van der Waals surface area contributed by atoms with Gasteiger partial charge in [-0.1, -0.05) is 57.8 Å². The zero-order valence-electron chi connectivity index (χ0n) is 13.9. The van der Waals surface area contributed by atoms with Gasteiger partial charge in [-0.2, -0.15) is 0 Å². The third-order valence-corrected chi connectivity index (χ3v) is 6.51. The summed E-state index contributed by atoms with van der Waals surface area (Å²) in [6.07, 6.45) is 18.5. The molecule has 0 aromatic heterocycles. The summed E-state index contributed by atoms with van der Waals surface area (Å²) in [4.78, 5) is 2.81. The van der Waals surface area contributed by atoms with Crippen LogP contribution in [0.4, 0.5) is 0 Å². The van der Waals surface area contributed by atoms with Gasteiger partial charge in [0.25, 0.3) is 0 Å². The molecule has 2 nitrogen and oxygen atoms in total. The lowest BCUT2D eigenvalue weighted by atomic mass is 9.93. The smallest absolute Gasteiger partial charge is 0.0247 e. The van der Waals surface area contributed by atoms with Crippen LogP contribution in [0.5, 0.6) is 0 Å². The Kier molecular flexibility index (Phi) is 5.99. The zero-order chi connectivity index (χ0) is 14.5. The van der Waals surface area contributed by atoms with Crippen molar-refractivity contribution < 1.29 is 0 Å². The molecule has 0 aromatic rings. The van der Waals surface area contributed by atoms with E-state index in [9.17, 15) is 0 Å². The van der Waals surface area contributed by atoms with Crippen molar-refractivity contribution in [3.63, 3.8) is 0 Å². The van der Waals surface area contributed by atoms with E-state index in [0.717, 1.165) is 11.8 Å². The summed E-state index contributed by atoms with van der Waals surface area (Å²) in [5.41, 5.74) is 6.65. The lowest BCUT2D eigenvalue weighted by molar-refractivity contribution is 0.174. The minimum atomic E-state index is 0.434.